The average molecular weight is 323 g/mol. The van der Waals surface area contributed by atoms with E-state index in [2.05, 4.69) is 5.32 Å². The summed E-state index contributed by atoms with van der Waals surface area (Å²) in [6, 6.07) is 10.0. The minimum Gasteiger partial charge on any atom is -0.444 e. The third-order valence-electron chi connectivity index (χ3n) is 2.59. The Morgan fingerprint density at radius 3 is 2.13 bits per heavy atom. The molecule has 0 aromatic heterocycles. The molecule has 1 aromatic carbocycles. The van der Waals surface area contributed by atoms with Crippen molar-refractivity contribution in [1.29, 1.82) is 0 Å². The van der Waals surface area contributed by atoms with Crippen LogP contribution in [0, 0.1) is 5.92 Å². The fraction of sp³-hybridized carbons (Fsp3) is 0.529. The Kier molecular flexibility index (Phi) is 9.65. The minimum atomic E-state index is -0.434. The van der Waals surface area contributed by atoms with Crippen LogP contribution in [0.2, 0.25) is 0 Å². The zero-order chi connectivity index (χ0) is 17.9. The summed E-state index contributed by atoms with van der Waals surface area (Å²) in [4.78, 5) is 21.6. The molecule has 1 aromatic rings. The van der Waals surface area contributed by atoms with Gasteiger partial charge in [0.1, 0.15) is 5.60 Å². The molecule has 0 radical (unpaired) electrons. The van der Waals surface area contributed by atoms with E-state index in [1.54, 1.807) is 13.8 Å². The second-order valence-corrected chi connectivity index (χ2v) is 6.33. The van der Waals surface area contributed by atoms with Gasteiger partial charge in [0.15, 0.2) is 0 Å². The summed E-state index contributed by atoms with van der Waals surface area (Å²) in [6.45, 7) is 9.71. The summed E-state index contributed by atoms with van der Waals surface area (Å²) >= 11 is 0. The maximum absolute atomic E-state index is 11.3. The molecule has 0 unspecified atom stereocenters. The number of hydrogen-bond acceptors (Lipinski definition) is 4. The summed E-state index contributed by atoms with van der Waals surface area (Å²) in [7, 11) is 0. The second-order valence-electron chi connectivity index (χ2n) is 6.33. The van der Waals surface area contributed by atoms with Crippen LogP contribution in [0.1, 0.15) is 40.2 Å². The molecule has 4 N–H and O–H groups in total. The number of hydrogen-bond donors (Lipinski definition) is 3. The summed E-state index contributed by atoms with van der Waals surface area (Å²) in [5.41, 5.74) is 2.80. The van der Waals surface area contributed by atoms with Crippen LogP contribution in [-0.2, 0) is 16.0 Å². The molecule has 0 heterocycles. The molecule has 6 heteroatoms. The lowest BCUT2D eigenvalue weighted by Gasteiger charge is -2.19. The number of amides is 2. The molecule has 0 spiro atoms. The standard InChI is InChI=1S/C13H19NO2.C4H10N2O/c1-13(2,3)16-12(15)14-10-9-11-7-5-4-6-8-11;1-3(2)4(7)6-5/h4-8H,9-10H2,1-3H3,(H,14,15);3H,5H2,1-2H3,(H,6,7). The second kappa shape index (κ2) is 10.6. The first kappa shape index (κ1) is 20.9. The van der Waals surface area contributed by atoms with Gasteiger partial charge in [0.05, 0.1) is 0 Å². The van der Waals surface area contributed by atoms with Gasteiger partial charge in [0.2, 0.25) is 5.91 Å². The molecule has 2 amide bonds. The molecule has 0 aliphatic carbocycles. The van der Waals surface area contributed by atoms with Crippen molar-refractivity contribution in [1.82, 2.24) is 10.7 Å². The zero-order valence-corrected chi connectivity index (χ0v) is 14.7. The Hall–Kier alpha value is -2.08. The van der Waals surface area contributed by atoms with Gasteiger partial charge < -0.3 is 10.1 Å². The highest BCUT2D eigenvalue weighted by atomic mass is 16.6. The first-order valence-corrected chi connectivity index (χ1v) is 7.67. The van der Waals surface area contributed by atoms with E-state index in [0.717, 1.165) is 6.42 Å². The molecular weight excluding hydrogens is 294 g/mol. The van der Waals surface area contributed by atoms with Gasteiger partial charge in [-0.25, -0.2) is 10.6 Å². The van der Waals surface area contributed by atoms with E-state index in [-0.39, 0.29) is 17.9 Å². The minimum absolute atomic E-state index is 0.00926. The van der Waals surface area contributed by atoms with Crippen molar-refractivity contribution in [3.05, 3.63) is 35.9 Å². The highest BCUT2D eigenvalue weighted by molar-refractivity contribution is 5.77. The van der Waals surface area contributed by atoms with Crippen molar-refractivity contribution in [3.8, 4) is 0 Å². The first-order chi connectivity index (χ1) is 10.7. The van der Waals surface area contributed by atoms with Gasteiger partial charge in [-0.1, -0.05) is 44.2 Å². The van der Waals surface area contributed by atoms with Crippen LogP contribution in [0.4, 0.5) is 4.79 Å². The van der Waals surface area contributed by atoms with E-state index in [0.29, 0.717) is 6.54 Å². The topological polar surface area (TPSA) is 93.4 Å². The van der Waals surface area contributed by atoms with Crippen LogP contribution in [0.25, 0.3) is 0 Å². The molecule has 0 bridgehead atoms. The van der Waals surface area contributed by atoms with Crippen LogP contribution >= 0.6 is 0 Å². The number of alkyl carbamates (subject to hydrolysis) is 1. The number of benzene rings is 1. The molecule has 0 aliphatic heterocycles. The molecule has 0 aliphatic rings. The van der Waals surface area contributed by atoms with Gasteiger partial charge >= 0.3 is 6.09 Å². The van der Waals surface area contributed by atoms with Gasteiger partial charge in [0.25, 0.3) is 0 Å². The monoisotopic (exact) mass is 323 g/mol. The highest BCUT2D eigenvalue weighted by Crippen LogP contribution is 2.06. The van der Waals surface area contributed by atoms with E-state index < -0.39 is 5.60 Å². The predicted octanol–water partition coefficient (Wildman–Crippen LogP) is 2.39. The lowest BCUT2D eigenvalue weighted by atomic mass is 10.1. The molecule has 6 nitrogen and oxygen atoms in total. The number of hydrazine groups is 1. The van der Waals surface area contributed by atoms with E-state index in [1.807, 2.05) is 56.5 Å². The van der Waals surface area contributed by atoms with Crippen molar-refractivity contribution in [3.63, 3.8) is 0 Å². The summed E-state index contributed by atoms with van der Waals surface area (Å²) < 4.78 is 5.13. The van der Waals surface area contributed by atoms with Crippen LogP contribution < -0.4 is 16.6 Å². The fourth-order valence-corrected chi connectivity index (χ4v) is 1.43. The van der Waals surface area contributed by atoms with Gasteiger partial charge in [-0.05, 0) is 32.8 Å². The number of rotatable bonds is 4. The van der Waals surface area contributed by atoms with Gasteiger partial charge in [0, 0.05) is 12.5 Å². The molecule has 1 rings (SSSR count). The first-order valence-electron chi connectivity index (χ1n) is 7.67. The Labute approximate surface area is 138 Å². The lowest BCUT2D eigenvalue weighted by molar-refractivity contribution is -0.124. The largest absolute Gasteiger partial charge is 0.444 e. The maximum atomic E-state index is 11.3. The molecular formula is C17H29N3O3. The zero-order valence-electron chi connectivity index (χ0n) is 14.7. The van der Waals surface area contributed by atoms with Gasteiger partial charge in [-0.15, -0.1) is 0 Å². The van der Waals surface area contributed by atoms with Crippen molar-refractivity contribution >= 4 is 12.0 Å². The third kappa shape index (κ3) is 12.2. The quantitative estimate of drug-likeness (QED) is 0.450. The molecule has 0 fully saturated rings. The summed E-state index contributed by atoms with van der Waals surface area (Å²) in [5.74, 6) is 4.64. The maximum Gasteiger partial charge on any atom is 0.407 e. The molecule has 130 valence electrons. The number of nitrogens with one attached hydrogen (secondary N) is 2. The number of carbonyl (C=O) groups excluding carboxylic acids is 2. The van der Waals surface area contributed by atoms with Crippen LogP contribution in [0.15, 0.2) is 30.3 Å². The normalized spacial score (nSPS) is 10.4. The van der Waals surface area contributed by atoms with E-state index in [9.17, 15) is 9.59 Å². The molecule has 0 atom stereocenters. The SMILES string of the molecule is CC(C)(C)OC(=O)NCCc1ccccc1.CC(C)C(=O)NN. The van der Waals surface area contributed by atoms with Crippen molar-refractivity contribution in [2.45, 2.75) is 46.6 Å². The molecule has 0 saturated carbocycles. The van der Waals surface area contributed by atoms with Crippen LogP contribution in [0.5, 0.6) is 0 Å². The fourth-order valence-electron chi connectivity index (χ4n) is 1.43. The van der Waals surface area contributed by atoms with E-state index in [1.165, 1.54) is 5.56 Å². The van der Waals surface area contributed by atoms with Crippen LogP contribution in [-0.4, -0.2) is 24.1 Å². The lowest BCUT2D eigenvalue weighted by Crippen LogP contribution is -2.33. The van der Waals surface area contributed by atoms with E-state index in [4.69, 9.17) is 10.6 Å². The van der Waals surface area contributed by atoms with Gasteiger partial charge in [-0.2, -0.15) is 0 Å². The average Bonchev–Trinajstić information content (AvgIpc) is 2.46. The third-order valence-corrected chi connectivity index (χ3v) is 2.59. The van der Waals surface area contributed by atoms with Crippen molar-refractivity contribution < 1.29 is 14.3 Å². The smallest absolute Gasteiger partial charge is 0.407 e. The Morgan fingerprint density at radius 2 is 1.74 bits per heavy atom. The Bertz CT molecular complexity index is 468. The molecule has 0 saturated heterocycles. The van der Waals surface area contributed by atoms with Crippen LogP contribution in [0.3, 0.4) is 0 Å². The van der Waals surface area contributed by atoms with E-state index >= 15 is 0 Å². The van der Waals surface area contributed by atoms with Crippen molar-refractivity contribution in [2.75, 3.05) is 6.54 Å². The Morgan fingerprint density at radius 1 is 1.17 bits per heavy atom. The number of carbonyl (C=O) groups is 2. The molecule has 23 heavy (non-hydrogen) atoms. The van der Waals surface area contributed by atoms with Crippen molar-refractivity contribution in [2.24, 2.45) is 11.8 Å². The number of nitrogens with two attached hydrogens (primary N) is 1. The highest BCUT2D eigenvalue weighted by Gasteiger charge is 2.15. The Balaban J connectivity index is 0.000000585. The predicted molar refractivity (Wildman–Crippen MR) is 91.6 cm³/mol. The number of ether oxygens (including phenoxy) is 1. The summed E-state index contributed by atoms with van der Waals surface area (Å²) in [5, 5.41) is 2.73. The summed E-state index contributed by atoms with van der Waals surface area (Å²) in [6.07, 6.45) is 0.462. The van der Waals surface area contributed by atoms with Gasteiger partial charge in [-0.3, -0.25) is 10.2 Å².